The fraction of sp³-hybridized carbons (Fsp3) is 0.333. The normalized spacial score (nSPS) is 14.7. The average Bonchev–Trinajstić information content (AvgIpc) is 3.12. The molecule has 0 aliphatic carbocycles. The summed E-state index contributed by atoms with van der Waals surface area (Å²) in [7, 11) is 0. The number of hydrogen-bond donors (Lipinski definition) is 0. The standard InChI is InChI=1S/C18H18BrClN6O/c19-5-4-16(27)24-6-8-25(9-7-24)17-15-11-23-26(18(15)22-12-21-17)14-3-1-2-13(20)10-14/h1-3,10-12H,4-9H2. The molecule has 7 nitrogen and oxygen atoms in total. The summed E-state index contributed by atoms with van der Waals surface area (Å²) >= 11 is 9.44. The van der Waals surface area contributed by atoms with Gasteiger partial charge in [-0.3, -0.25) is 4.79 Å². The van der Waals surface area contributed by atoms with E-state index in [1.54, 1.807) is 17.2 Å². The average molecular weight is 450 g/mol. The van der Waals surface area contributed by atoms with E-state index in [-0.39, 0.29) is 5.91 Å². The molecule has 1 amide bonds. The molecule has 0 saturated carbocycles. The Balaban J connectivity index is 1.60. The maximum Gasteiger partial charge on any atom is 0.223 e. The van der Waals surface area contributed by atoms with Crippen LogP contribution in [0.4, 0.5) is 5.82 Å². The molecular formula is C18H18BrClN6O. The largest absolute Gasteiger partial charge is 0.352 e. The first-order valence-corrected chi connectivity index (χ1v) is 10.2. The van der Waals surface area contributed by atoms with Gasteiger partial charge in [0.2, 0.25) is 5.91 Å². The highest BCUT2D eigenvalue weighted by Crippen LogP contribution is 2.26. The molecule has 3 aromatic rings. The minimum atomic E-state index is 0.188. The van der Waals surface area contributed by atoms with Crippen molar-refractivity contribution in [1.82, 2.24) is 24.6 Å². The summed E-state index contributed by atoms with van der Waals surface area (Å²) in [6, 6.07) is 7.50. The van der Waals surface area contributed by atoms with E-state index in [2.05, 4.69) is 35.9 Å². The zero-order chi connectivity index (χ0) is 18.8. The van der Waals surface area contributed by atoms with E-state index >= 15 is 0 Å². The van der Waals surface area contributed by atoms with Gasteiger partial charge in [-0.1, -0.05) is 33.6 Å². The van der Waals surface area contributed by atoms with Crippen LogP contribution in [0.1, 0.15) is 6.42 Å². The monoisotopic (exact) mass is 448 g/mol. The lowest BCUT2D eigenvalue weighted by Crippen LogP contribution is -2.49. The first-order chi connectivity index (χ1) is 13.2. The Kier molecular flexibility index (Phi) is 5.27. The van der Waals surface area contributed by atoms with Gasteiger partial charge in [-0.2, -0.15) is 5.10 Å². The Morgan fingerprint density at radius 3 is 2.74 bits per heavy atom. The zero-order valence-corrected chi connectivity index (χ0v) is 16.9. The van der Waals surface area contributed by atoms with Crippen LogP contribution in [0.15, 0.2) is 36.8 Å². The van der Waals surface area contributed by atoms with Crippen LogP contribution in [-0.2, 0) is 4.79 Å². The van der Waals surface area contributed by atoms with Gasteiger partial charge in [0, 0.05) is 43.0 Å². The Bertz CT molecular complexity index is 969. The van der Waals surface area contributed by atoms with Gasteiger partial charge in [0.05, 0.1) is 17.3 Å². The van der Waals surface area contributed by atoms with Crippen molar-refractivity contribution in [2.45, 2.75) is 6.42 Å². The van der Waals surface area contributed by atoms with E-state index in [0.717, 1.165) is 35.6 Å². The second kappa shape index (κ2) is 7.82. The highest BCUT2D eigenvalue weighted by atomic mass is 79.9. The van der Waals surface area contributed by atoms with E-state index in [9.17, 15) is 4.79 Å². The Hall–Kier alpha value is -2.19. The van der Waals surface area contributed by atoms with Crippen LogP contribution in [0, 0.1) is 0 Å². The lowest BCUT2D eigenvalue weighted by Gasteiger charge is -2.35. The van der Waals surface area contributed by atoms with E-state index < -0.39 is 0 Å². The van der Waals surface area contributed by atoms with Gasteiger partial charge in [0.1, 0.15) is 12.1 Å². The van der Waals surface area contributed by atoms with Crippen molar-refractivity contribution in [2.75, 3.05) is 36.4 Å². The third-order valence-corrected chi connectivity index (χ3v) is 5.27. The maximum atomic E-state index is 12.1. The molecule has 9 heteroatoms. The number of amides is 1. The molecule has 1 saturated heterocycles. The summed E-state index contributed by atoms with van der Waals surface area (Å²) in [6.45, 7) is 2.87. The number of hydrogen-bond acceptors (Lipinski definition) is 5. The fourth-order valence-corrected chi connectivity index (χ4v) is 3.81. The molecule has 0 spiro atoms. The number of carbonyl (C=O) groups is 1. The fourth-order valence-electron chi connectivity index (χ4n) is 3.29. The Labute approximate surface area is 170 Å². The number of aromatic nitrogens is 4. The Morgan fingerprint density at radius 1 is 1.19 bits per heavy atom. The zero-order valence-electron chi connectivity index (χ0n) is 14.6. The third kappa shape index (κ3) is 3.64. The number of piperazine rings is 1. The minimum Gasteiger partial charge on any atom is -0.352 e. The molecule has 1 aliphatic heterocycles. The summed E-state index contributed by atoms with van der Waals surface area (Å²) in [5, 5.41) is 6.72. The van der Waals surface area contributed by atoms with Crippen LogP contribution in [0.3, 0.4) is 0 Å². The van der Waals surface area contributed by atoms with Gasteiger partial charge in [-0.05, 0) is 18.2 Å². The SMILES string of the molecule is O=C(CCBr)N1CCN(c2ncnc3c2cnn3-c2cccc(Cl)c2)CC1. The van der Waals surface area contributed by atoms with Crippen LogP contribution < -0.4 is 4.90 Å². The summed E-state index contributed by atoms with van der Waals surface area (Å²) in [4.78, 5) is 25.1. The predicted molar refractivity (Wildman–Crippen MR) is 109 cm³/mol. The number of rotatable bonds is 4. The number of benzene rings is 1. The van der Waals surface area contributed by atoms with Crippen molar-refractivity contribution in [3.05, 3.63) is 41.8 Å². The van der Waals surface area contributed by atoms with Crippen molar-refractivity contribution < 1.29 is 4.79 Å². The van der Waals surface area contributed by atoms with Crippen molar-refractivity contribution in [3.63, 3.8) is 0 Å². The van der Waals surface area contributed by atoms with E-state index in [1.165, 1.54) is 0 Å². The second-order valence-corrected chi connectivity index (χ2v) is 7.51. The van der Waals surface area contributed by atoms with E-state index in [0.29, 0.717) is 29.9 Å². The van der Waals surface area contributed by atoms with Gasteiger partial charge in [0.15, 0.2) is 5.65 Å². The quantitative estimate of drug-likeness (QED) is 0.573. The summed E-state index contributed by atoms with van der Waals surface area (Å²) in [6.07, 6.45) is 3.88. The molecule has 1 fully saturated rings. The number of anilines is 1. The lowest BCUT2D eigenvalue weighted by atomic mass is 10.2. The van der Waals surface area contributed by atoms with Crippen LogP contribution >= 0.6 is 27.5 Å². The van der Waals surface area contributed by atoms with Crippen LogP contribution in [0.25, 0.3) is 16.7 Å². The van der Waals surface area contributed by atoms with E-state index in [1.807, 2.05) is 29.2 Å². The molecule has 0 unspecified atom stereocenters. The van der Waals surface area contributed by atoms with Crippen LogP contribution in [0.2, 0.25) is 5.02 Å². The van der Waals surface area contributed by atoms with Gasteiger partial charge in [-0.25, -0.2) is 14.6 Å². The van der Waals surface area contributed by atoms with Crippen molar-refractivity contribution in [2.24, 2.45) is 0 Å². The highest BCUT2D eigenvalue weighted by Gasteiger charge is 2.23. The van der Waals surface area contributed by atoms with Gasteiger partial charge in [-0.15, -0.1) is 0 Å². The molecule has 0 atom stereocenters. The number of halogens is 2. The topological polar surface area (TPSA) is 67.2 Å². The molecular weight excluding hydrogens is 432 g/mol. The first-order valence-electron chi connectivity index (χ1n) is 8.71. The maximum absolute atomic E-state index is 12.1. The Morgan fingerprint density at radius 2 is 2.00 bits per heavy atom. The molecule has 140 valence electrons. The molecule has 2 aromatic heterocycles. The van der Waals surface area contributed by atoms with Gasteiger partial charge in [0.25, 0.3) is 0 Å². The van der Waals surface area contributed by atoms with Crippen LogP contribution in [0.5, 0.6) is 0 Å². The van der Waals surface area contributed by atoms with Gasteiger partial charge >= 0.3 is 0 Å². The van der Waals surface area contributed by atoms with Crippen molar-refractivity contribution in [3.8, 4) is 5.69 Å². The van der Waals surface area contributed by atoms with E-state index in [4.69, 9.17) is 11.6 Å². The van der Waals surface area contributed by atoms with Crippen molar-refractivity contribution in [1.29, 1.82) is 0 Å². The lowest BCUT2D eigenvalue weighted by molar-refractivity contribution is -0.131. The third-order valence-electron chi connectivity index (χ3n) is 4.64. The predicted octanol–water partition coefficient (Wildman–Crippen LogP) is 2.90. The molecule has 27 heavy (non-hydrogen) atoms. The molecule has 4 rings (SSSR count). The smallest absolute Gasteiger partial charge is 0.223 e. The summed E-state index contributed by atoms with van der Waals surface area (Å²) < 4.78 is 1.77. The molecule has 0 N–H and O–H groups in total. The number of carbonyl (C=O) groups excluding carboxylic acids is 1. The highest BCUT2D eigenvalue weighted by molar-refractivity contribution is 9.09. The number of nitrogens with zero attached hydrogens (tertiary/aromatic N) is 6. The van der Waals surface area contributed by atoms with Crippen molar-refractivity contribution >= 4 is 50.3 Å². The van der Waals surface area contributed by atoms with Crippen LogP contribution in [-0.4, -0.2) is 62.1 Å². The molecule has 0 radical (unpaired) electrons. The van der Waals surface area contributed by atoms with Gasteiger partial charge < -0.3 is 9.80 Å². The summed E-state index contributed by atoms with van der Waals surface area (Å²) in [5.41, 5.74) is 1.59. The number of fused-ring (bicyclic) bond motifs is 1. The number of alkyl halides is 1. The summed E-state index contributed by atoms with van der Waals surface area (Å²) in [5.74, 6) is 1.04. The molecule has 3 heterocycles. The first kappa shape index (κ1) is 18.2. The minimum absolute atomic E-state index is 0.188. The molecule has 0 bridgehead atoms. The second-order valence-electron chi connectivity index (χ2n) is 6.28. The molecule has 1 aliphatic rings. The molecule has 1 aromatic carbocycles.